The van der Waals surface area contributed by atoms with E-state index >= 15 is 0 Å². The van der Waals surface area contributed by atoms with Crippen LogP contribution in [0.3, 0.4) is 0 Å². The van der Waals surface area contributed by atoms with E-state index in [1.54, 1.807) is 7.11 Å². The van der Waals surface area contributed by atoms with Crippen LogP contribution in [0.2, 0.25) is 5.02 Å². The van der Waals surface area contributed by atoms with Crippen molar-refractivity contribution in [3.63, 3.8) is 0 Å². The molecule has 0 atom stereocenters. The quantitative estimate of drug-likeness (QED) is 0.783. The first kappa shape index (κ1) is 17.6. The number of thioether (sulfide) groups is 1. The van der Waals surface area contributed by atoms with Crippen LogP contribution in [0.5, 0.6) is 5.75 Å². The Morgan fingerprint density at radius 3 is 2.76 bits per heavy atom. The molecule has 0 saturated carbocycles. The summed E-state index contributed by atoms with van der Waals surface area (Å²) in [6.07, 6.45) is 1.85. The van der Waals surface area contributed by atoms with Gasteiger partial charge in [-0.05, 0) is 72.6 Å². The van der Waals surface area contributed by atoms with Crippen molar-refractivity contribution in [1.29, 1.82) is 0 Å². The maximum Gasteiger partial charge on any atom is 0.264 e. The lowest BCUT2D eigenvalue weighted by Crippen LogP contribution is -2.19. The van der Waals surface area contributed by atoms with Crippen LogP contribution < -0.4 is 10.1 Å². The number of amidine groups is 1. The highest BCUT2D eigenvalue weighted by Crippen LogP contribution is 2.31. The molecule has 25 heavy (non-hydrogen) atoms. The number of ether oxygens (including phenoxy) is 1. The van der Waals surface area contributed by atoms with E-state index in [1.165, 1.54) is 11.8 Å². The summed E-state index contributed by atoms with van der Waals surface area (Å²) in [6.45, 7) is 3.87. The Bertz CT molecular complexity index is 906. The lowest BCUT2D eigenvalue weighted by atomic mass is 10.1. The van der Waals surface area contributed by atoms with Crippen LogP contribution >= 0.6 is 23.4 Å². The Hall–Kier alpha value is -2.24. The van der Waals surface area contributed by atoms with Crippen LogP contribution in [-0.2, 0) is 4.79 Å². The van der Waals surface area contributed by atoms with E-state index in [0.29, 0.717) is 15.1 Å². The van der Waals surface area contributed by atoms with Gasteiger partial charge in [-0.15, -0.1) is 0 Å². The zero-order valence-corrected chi connectivity index (χ0v) is 15.7. The van der Waals surface area contributed by atoms with Crippen molar-refractivity contribution in [2.45, 2.75) is 13.8 Å². The first-order chi connectivity index (χ1) is 12.0. The molecule has 6 heteroatoms. The van der Waals surface area contributed by atoms with Gasteiger partial charge >= 0.3 is 0 Å². The molecule has 2 aromatic rings. The standard InChI is InChI=1S/C19H17ClN2O2S/c1-11-9-13(7-8-16(11)24-3)10-17-18(23)22-19(25-17)21-15-6-4-5-14(20)12(15)2/h4-10H,1-3H3,(H,21,22,23)/b17-10+. The molecule has 1 aliphatic rings. The summed E-state index contributed by atoms with van der Waals surface area (Å²) in [5.41, 5.74) is 3.59. The van der Waals surface area contributed by atoms with Gasteiger partial charge in [0.15, 0.2) is 5.17 Å². The minimum absolute atomic E-state index is 0.156. The predicted molar refractivity (Wildman–Crippen MR) is 105 cm³/mol. The average molecular weight is 373 g/mol. The number of carbonyl (C=O) groups is 1. The summed E-state index contributed by atoms with van der Waals surface area (Å²) in [7, 11) is 1.64. The van der Waals surface area contributed by atoms with Crippen LogP contribution in [0.25, 0.3) is 6.08 Å². The second-order valence-corrected chi connectivity index (χ2v) is 7.03. The van der Waals surface area contributed by atoms with Crippen molar-refractivity contribution in [1.82, 2.24) is 5.32 Å². The van der Waals surface area contributed by atoms with Gasteiger partial charge in [-0.3, -0.25) is 4.79 Å². The van der Waals surface area contributed by atoms with Crippen LogP contribution in [0.1, 0.15) is 16.7 Å². The van der Waals surface area contributed by atoms with E-state index in [0.717, 1.165) is 28.1 Å². The molecule has 0 radical (unpaired) electrons. The second-order valence-electron chi connectivity index (χ2n) is 5.59. The molecule has 1 fully saturated rings. The van der Waals surface area contributed by atoms with E-state index in [4.69, 9.17) is 16.3 Å². The first-order valence-corrected chi connectivity index (χ1v) is 8.86. The number of aliphatic imine (C=N–C) groups is 1. The van der Waals surface area contributed by atoms with Gasteiger partial charge in [0, 0.05) is 5.02 Å². The maximum absolute atomic E-state index is 12.2. The van der Waals surface area contributed by atoms with Gasteiger partial charge in [-0.1, -0.05) is 23.7 Å². The summed E-state index contributed by atoms with van der Waals surface area (Å²) in [4.78, 5) is 17.3. The summed E-state index contributed by atoms with van der Waals surface area (Å²) in [6, 6.07) is 11.3. The largest absolute Gasteiger partial charge is 0.496 e. The zero-order chi connectivity index (χ0) is 18.0. The van der Waals surface area contributed by atoms with Gasteiger partial charge in [0.2, 0.25) is 0 Å². The molecular weight excluding hydrogens is 356 g/mol. The lowest BCUT2D eigenvalue weighted by molar-refractivity contribution is -0.115. The third kappa shape index (κ3) is 3.89. The van der Waals surface area contributed by atoms with E-state index in [1.807, 2.05) is 56.3 Å². The van der Waals surface area contributed by atoms with Gasteiger partial charge in [0.25, 0.3) is 5.91 Å². The van der Waals surface area contributed by atoms with Gasteiger partial charge in [0.1, 0.15) is 5.75 Å². The molecule has 3 rings (SSSR count). The minimum Gasteiger partial charge on any atom is -0.496 e. The normalized spacial score (nSPS) is 17.2. The van der Waals surface area contributed by atoms with Crippen molar-refractivity contribution in [2.75, 3.05) is 7.11 Å². The van der Waals surface area contributed by atoms with Gasteiger partial charge in [-0.2, -0.15) is 0 Å². The highest BCUT2D eigenvalue weighted by molar-refractivity contribution is 8.18. The Labute approximate surface area is 155 Å². The number of carbonyl (C=O) groups excluding carboxylic acids is 1. The molecule has 0 spiro atoms. The van der Waals surface area contributed by atoms with Crippen LogP contribution in [-0.4, -0.2) is 18.2 Å². The van der Waals surface area contributed by atoms with Crippen molar-refractivity contribution in [3.8, 4) is 5.75 Å². The average Bonchev–Trinajstić information content (AvgIpc) is 2.91. The highest BCUT2D eigenvalue weighted by atomic mass is 35.5. The van der Waals surface area contributed by atoms with Crippen molar-refractivity contribution in [3.05, 3.63) is 63.0 Å². The number of aryl methyl sites for hydroxylation is 1. The number of nitrogens with one attached hydrogen (secondary N) is 1. The highest BCUT2D eigenvalue weighted by Gasteiger charge is 2.24. The van der Waals surface area contributed by atoms with E-state index < -0.39 is 0 Å². The van der Waals surface area contributed by atoms with Crippen molar-refractivity contribution in [2.24, 2.45) is 4.99 Å². The Morgan fingerprint density at radius 2 is 2.04 bits per heavy atom. The molecule has 1 heterocycles. The third-order valence-electron chi connectivity index (χ3n) is 3.83. The molecule has 1 saturated heterocycles. The monoisotopic (exact) mass is 372 g/mol. The fraction of sp³-hybridized carbons (Fsp3) is 0.158. The molecule has 0 bridgehead atoms. The molecule has 0 aromatic heterocycles. The minimum atomic E-state index is -0.156. The van der Waals surface area contributed by atoms with E-state index in [2.05, 4.69) is 10.3 Å². The van der Waals surface area contributed by atoms with Crippen LogP contribution in [0.15, 0.2) is 46.3 Å². The van der Waals surface area contributed by atoms with Gasteiger partial charge in [-0.25, -0.2) is 4.99 Å². The molecule has 1 aliphatic heterocycles. The predicted octanol–water partition coefficient (Wildman–Crippen LogP) is 4.86. The second kappa shape index (κ2) is 7.33. The number of methoxy groups -OCH3 is 1. The van der Waals surface area contributed by atoms with E-state index in [-0.39, 0.29) is 5.91 Å². The number of nitrogens with zero attached hydrogens (tertiary/aromatic N) is 1. The smallest absolute Gasteiger partial charge is 0.264 e. The van der Waals surface area contributed by atoms with Gasteiger partial charge in [0.05, 0.1) is 17.7 Å². The summed E-state index contributed by atoms with van der Waals surface area (Å²) in [5, 5.41) is 4.00. The molecule has 4 nitrogen and oxygen atoms in total. The number of benzene rings is 2. The zero-order valence-electron chi connectivity index (χ0n) is 14.1. The van der Waals surface area contributed by atoms with E-state index in [9.17, 15) is 4.79 Å². The maximum atomic E-state index is 12.2. The molecule has 0 unspecified atom stereocenters. The van der Waals surface area contributed by atoms with Crippen LogP contribution in [0, 0.1) is 13.8 Å². The fourth-order valence-corrected chi connectivity index (χ4v) is 3.45. The third-order valence-corrected chi connectivity index (χ3v) is 5.15. The SMILES string of the molecule is COc1ccc(/C=C2/SC(=Nc3cccc(Cl)c3C)NC2=O)cc1C. The number of hydrogen-bond acceptors (Lipinski definition) is 4. The Morgan fingerprint density at radius 1 is 1.24 bits per heavy atom. The molecular formula is C19H17ClN2O2S. The topological polar surface area (TPSA) is 50.7 Å². The molecule has 1 N–H and O–H groups in total. The van der Waals surface area contributed by atoms with Crippen molar-refractivity contribution < 1.29 is 9.53 Å². The Balaban J connectivity index is 1.86. The molecule has 2 aromatic carbocycles. The van der Waals surface area contributed by atoms with Crippen LogP contribution in [0.4, 0.5) is 5.69 Å². The van der Waals surface area contributed by atoms with Crippen molar-refractivity contribution >= 4 is 46.2 Å². The number of halogens is 1. The Kier molecular flexibility index (Phi) is 5.16. The summed E-state index contributed by atoms with van der Waals surface area (Å²) < 4.78 is 5.26. The lowest BCUT2D eigenvalue weighted by Gasteiger charge is -2.05. The number of rotatable bonds is 3. The summed E-state index contributed by atoms with van der Waals surface area (Å²) >= 11 is 7.43. The fourth-order valence-electron chi connectivity index (χ4n) is 2.45. The summed E-state index contributed by atoms with van der Waals surface area (Å²) in [5.74, 6) is 0.668. The van der Waals surface area contributed by atoms with Gasteiger partial charge < -0.3 is 10.1 Å². The molecule has 0 aliphatic carbocycles. The molecule has 1 amide bonds. The number of amides is 1. The molecule has 128 valence electrons. The first-order valence-electron chi connectivity index (χ1n) is 7.67. The number of hydrogen-bond donors (Lipinski definition) is 1.